The van der Waals surface area contributed by atoms with Crippen LogP contribution in [-0.2, 0) is 0 Å². The summed E-state index contributed by atoms with van der Waals surface area (Å²) in [7, 11) is 0. The van der Waals surface area contributed by atoms with Crippen LogP contribution in [0.15, 0.2) is 18.5 Å². The Balaban J connectivity index is 3.15. The van der Waals surface area contributed by atoms with Crippen molar-refractivity contribution in [3.05, 3.63) is 39.3 Å². The Morgan fingerprint density at radius 3 is 2.76 bits per heavy atom. The summed E-state index contributed by atoms with van der Waals surface area (Å²) in [5.74, 6) is 0. The van der Waals surface area contributed by atoms with Crippen molar-refractivity contribution in [2.24, 2.45) is 0 Å². The van der Waals surface area contributed by atoms with E-state index in [4.69, 9.17) is 5.26 Å². The third-order valence-electron chi connectivity index (χ3n) is 2.12. The molecule has 0 aliphatic carbocycles. The summed E-state index contributed by atoms with van der Waals surface area (Å²) >= 11 is 0. The molecule has 0 aliphatic heterocycles. The van der Waals surface area contributed by atoms with E-state index in [0.717, 1.165) is 18.5 Å². The van der Waals surface area contributed by atoms with E-state index in [1.165, 1.54) is 0 Å². The lowest BCUT2D eigenvalue weighted by molar-refractivity contribution is -0.606. The molecule has 1 rings (SSSR count). The Morgan fingerprint density at radius 2 is 2.24 bits per heavy atom. The fourth-order valence-corrected chi connectivity index (χ4v) is 1.29. The van der Waals surface area contributed by atoms with Crippen LogP contribution in [0.5, 0.6) is 0 Å². The molecule has 0 bridgehead atoms. The third kappa shape index (κ3) is 2.87. The molecule has 0 amide bonds. The van der Waals surface area contributed by atoms with E-state index in [0.29, 0.717) is 0 Å². The Hall–Kier alpha value is -2.24. The van der Waals surface area contributed by atoms with Crippen LogP contribution in [0.4, 0.5) is 5.69 Å². The van der Waals surface area contributed by atoms with E-state index in [-0.39, 0.29) is 10.3 Å². The van der Waals surface area contributed by atoms with Crippen molar-refractivity contribution in [2.45, 2.75) is 18.6 Å². The first-order valence-corrected chi connectivity index (χ1v) is 4.57. The van der Waals surface area contributed by atoms with Crippen molar-refractivity contribution in [2.75, 3.05) is 0 Å². The monoisotopic (exact) mass is 239 g/mol. The van der Waals surface area contributed by atoms with Crippen LogP contribution in [-0.4, -0.2) is 21.2 Å². The van der Waals surface area contributed by atoms with Crippen molar-refractivity contribution in [3.63, 3.8) is 0 Å². The summed E-state index contributed by atoms with van der Waals surface area (Å²) in [5.41, 5.74) is -0.808. The quantitative estimate of drug-likeness (QED) is 0.316. The summed E-state index contributed by atoms with van der Waals surface area (Å²) in [6.45, 7) is 0. The molecule has 0 aliphatic rings. The fourth-order valence-electron chi connectivity index (χ4n) is 1.29. The van der Waals surface area contributed by atoms with Gasteiger partial charge in [-0.25, -0.2) is 0 Å². The Kier molecular flexibility index (Phi) is 3.92. The molecule has 0 aromatic carbocycles. The van der Waals surface area contributed by atoms with Crippen LogP contribution in [0.2, 0.25) is 0 Å². The molecule has 0 fully saturated rings. The van der Waals surface area contributed by atoms with Crippen LogP contribution in [0, 0.1) is 26.7 Å². The van der Waals surface area contributed by atoms with Gasteiger partial charge in [-0.3, -0.25) is 10.1 Å². The molecule has 2 unspecified atom stereocenters. The van der Waals surface area contributed by atoms with Crippen molar-refractivity contribution in [1.29, 1.82) is 5.26 Å². The minimum atomic E-state index is -1.66. The number of nitriles is 1. The van der Waals surface area contributed by atoms with Gasteiger partial charge in [0.25, 0.3) is 5.69 Å². The summed E-state index contributed by atoms with van der Waals surface area (Å²) in [6, 6.07) is 2.54. The molecule has 0 saturated carbocycles. The third-order valence-corrected chi connectivity index (χ3v) is 2.12. The topological polar surface area (TPSA) is 134 Å². The molecule has 1 aromatic rings. The number of hydrogen-bond donors (Lipinski definition) is 2. The van der Waals surface area contributed by atoms with Gasteiger partial charge in [0.2, 0.25) is 0 Å². The summed E-state index contributed by atoms with van der Waals surface area (Å²) in [4.78, 5) is 9.87. The van der Waals surface area contributed by atoms with Crippen LogP contribution >= 0.6 is 0 Å². The summed E-state index contributed by atoms with van der Waals surface area (Å²) < 4.78 is 0.268. The number of aromatic nitrogens is 1. The molecular weight excluding hydrogens is 230 g/mol. The fraction of sp³-hybridized carbons (Fsp3) is 0.333. The second-order valence-electron chi connectivity index (χ2n) is 3.28. The van der Waals surface area contributed by atoms with Gasteiger partial charge in [-0.2, -0.15) is 9.99 Å². The van der Waals surface area contributed by atoms with Crippen molar-refractivity contribution in [1.82, 2.24) is 0 Å². The lowest BCUT2D eigenvalue weighted by Gasteiger charge is -2.14. The van der Waals surface area contributed by atoms with Crippen molar-refractivity contribution >= 4 is 5.69 Å². The lowest BCUT2D eigenvalue weighted by atomic mass is 10.0. The molecule has 0 radical (unpaired) electrons. The van der Waals surface area contributed by atoms with Gasteiger partial charge in [0.15, 0.2) is 12.4 Å². The summed E-state index contributed by atoms with van der Waals surface area (Å²) in [6.07, 6.45) is -1.84. The number of aliphatic hydroxyl groups is 2. The van der Waals surface area contributed by atoms with Crippen molar-refractivity contribution < 1.29 is 19.9 Å². The predicted octanol–water partition coefficient (Wildman–Crippen LogP) is -0.464. The number of rotatable bonds is 4. The molecule has 0 spiro atoms. The lowest BCUT2D eigenvalue weighted by Crippen LogP contribution is -2.28. The van der Waals surface area contributed by atoms with E-state index < -0.39 is 29.2 Å². The van der Waals surface area contributed by atoms with Gasteiger partial charge in [-0.05, 0) is 0 Å². The van der Waals surface area contributed by atoms with Crippen LogP contribution in [0.25, 0.3) is 0 Å². The first-order valence-electron chi connectivity index (χ1n) is 4.57. The second kappa shape index (κ2) is 5.20. The van der Waals surface area contributed by atoms with Gasteiger partial charge in [0.1, 0.15) is 11.7 Å². The van der Waals surface area contributed by atoms with E-state index >= 15 is 0 Å². The van der Waals surface area contributed by atoms with Gasteiger partial charge < -0.3 is 15.4 Å². The molecular formula is C9H9N3O5. The zero-order valence-electron chi connectivity index (χ0n) is 8.55. The van der Waals surface area contributed by atoms with Gasteiger partial charge in [0.05, 0.1) is 29.6 Å². The molecule has 0 saturated heterocycles. The maximum atomic E-state index is 11.0. The Bertz CT molecular complexity index is 470. The molecule has 2 atom stereocenters. The van der Waals surface area contributed by atoms with Crippen LogP contribution < -0.4 is 4.73 Å². The standard InChI is InChI=1S/C9H9N3O5/c10-3-1-8(13)9(14)6-5-11(15)4-2-7(6)12(16)17/h2,4-5,8-9,13-14H,1H2. The number of hydrogen-bond acceptors (Lipinski definition) is 6. The highest BCUT2D eigenvalue weighted by molar-refractivity contribution is 5.38. The molecule has 90 valence electrons. The van der Waals surface area contributed by atoms with E-state index in [1.54, 1.807) is 6.07 Å². The minimum Gasteiger partial charge on any atom is -0.619 e. The smallest absolute Gasteiger partial charge is 0.287 e. The van der Waals surface area contributed by atoms with Gasteiger partial charge in [0, 0.05) is 0 Å². The average molecular weight is 239 g/mol. The van der Waals surface area contributed by atoms with Gasteiger partial charge in [-0.1, -0.05) is 0 Å². The van der Waals surface area contributed by atoms with E-state index in [9.17, 15) is 25.5 Å². The highest BCUT2D eigenvalue weighted by Crippen LogP contribution is 2.26. The average Bonchev–Trinajstić information content (AvgIpc) is 2.27. The zero-order chi connectivity index (χ0) is 13.0. The van der Waals surface area contributed by atoms with Gasteiger partial charge >= 0.3 is 0 Å². The van der Waals surface area contributed by atoms with Gasteiger partial charge in [-0.15, -0.1) is 0 Å². The summed E-state index contributed by atoms with van der Waals surface area (Å²) in [5, 5.41) is 49.0. The first-order chi connectivity index (χ1) is 7.97. The normalized spacial score (nSPS) is 13.7. The number of nitrogens with zero attached hydrogens (tertiary/aromatic N) is 3. The second-order valence-corrected chi connectivity index (χ2v) is 3.28. The highest BCUT2D eigenvalue weighted by atomic mass is 16.6. The molecule has 1 aromatic heterocycles. The number of nitro groups is 1. The molecule has 2 N–H and O–H groups in total. The molecule has 17 heavy (non-hydrogen) atoms. The Labute approximate surface area is 95.7 Å². The van der Waals surface area contributed by atoms with Crippen LogP contribution in [0.3, 0.4) is 0 Å². The first kappa shape index (κ1) is 12.8. The van der Waals surface area contributed by atoms with Crippen LogP contribution in [0.1, 0.15) is 18.1 Å². The highest BCUT2D eigenvalue weighted by Gasteiger charge is 2.28. The maximum absolute atomic E-state index is 11.0. The van der Waals surface area contributed by atoms with Crippen molar-refractivity contribution in [3.8, 4) is 6.07 Å². The number of aliphatic hydroxyl groups excluding tert-OH is 2. The number of pyridine rings is 1. The maximum Gasteiger partial charge on any atom is 0.287 e. The molecule has 8 heteroatoms. The predicted molar refractivity (Wildman–Crippen MR) is 53.3 cm³/mol. The minimum absolute atomic E-state index is 0.268. The largest absolute Gasteiger partial charge is 0.619 e. The van der Waals surface area contributed by atoms with E-state index in [2.05, 4.69) is 0 Å². The zero-order valence-corrected chi connectivity index (χ0v) is 8.55. The SMILES string of the molecule is N#CCC(O)C(O)c1c[n+]([O-])ccc1[N+](=O)[O-]. The Morgan fingerprint density at radius 1 is 1.59 bits per heavy atom. The molecule has 1 heterocycles. The van der Waals surface area contributed by atoms with E-state index in [1.807, 2.05) is 0 Å². The molecule has 8 nitrogen and oxygen atoms in total.